The van der Waals surface area contributed by atoms with Gasteiger partial charge >= 0.3 is 0 Å². The fourth-order valence-corrected chi connectivity index (χ4v) is 0.673. The first-order valence-corrected chi connectivity index (χ1v) is 2.86. The first kappa shape index (κ1) is 6.74. The van der Waals surface area contributed by atoms with Crippen LogP contribution in [0.15, 0.2) is 29.4 Å². The normalized spacial score (nSPS) is 8.90. The minimum Gasteiger partial charge on any atom is -0.497 e. The maximum Gasteiger partial charge on any atom is 0.121 e. The van der Waals surface area contributed by atoms with Crippen LogP contribution in [0, 0.1) is 0 Å². The first-order chi connectivity index (χ1) is 4.86. The third-order valence-corrected chi connectivity index (χ3v) is 1.17. The molecule has 0 bridgehead atoms. The van der Waals surface area contributed by atoms with Crippen LogP contribution in [0.3, 0.4) is 0 Å². The van der Waals surface area contributed by atoms with Crippen molar-refractivity contribution in [2.24, 2.45) is 5.11 Å². The summed E-state index contributed by atoms with van der Waals surface area (Å²) in [5, 5.41) is 3.00. The van der Waals surface area contributed by atoms with Crippen molar-refractivity contribution in [3.8, 4) is 5.75 Å². The number of benzene rings is 1. The predicted molar refractivity (Wildman–Crippen MR) is 37.2 cm³/mol. The maximum absolute atomic E-state index is 8.33. The van der Waals surface area contributed by atoms with E-state index >= 15 is 0 Å². The Hall–Kier alpha value is -1.38. The highest BCUT2D eigenvalue weighted by molar-refractivity contribution is 5.42. The minimum absolute atomic E-state index is 0.499. The van der Waals surface area contributed by atoms with Crippen LogP contribution in [0.5, 0.6) is 5.75 Å². The summed E-state index contributed by atoms with van der Waals surface area (Å²) in [6, 6.07) is 6.87. The van der Waals surface area contributed by atoms with Gasteiger partial charge in [0.05, 0.1) is 12.8 Å². The second-order valence-corrected chi connectivity index (χ2v) is 1.80. The van der Waals surface area contributed by atoms with Gasteiger partial charge in [-0.05, 0) is 17.7 Å². The molecule has 0 saturated heterocycles. The van der Waals surface area contributed by atoms with Gasteiger partial charge in [0.25, 0.3) is 0 Å². The summed E-state index contributed by atoms with van der Waals surface area (Å²) in [6.45, 7) is 0. The lowest BCUT2D eigenvalue weighted by Crippen LogP contribution is -1.79. The number of rotatable bonds is 2. The number of methoxy groups -OCH3 is 1. The van der Waals surface area contributed by atoms with Gasteiger partial charge in [0.1, 0.15) is 5.75 Å². The zero-order chi connectivity index (χ0) is 7.40. The maximum atomic E-state index is 8.33. The number of ether oxygens (including phenoxy) is 1. The zero-order valence-electron chi connectivity index (χ0n) is 5.61. The van der Waals surface area contributed by atoms with E-state index in [0.29, 0.717) is 11.4 Å². The van der Waals surface area contributed by atoms with Gasteiger partial charge < -0.3 is 4.74 Å². The molecule has 10 heavy (non-hydrogen) atoms. The summed E-state index contributed by atoms with van der Waals surface area (Å²) < 4.78 is 4.89. The molecule has 0 aromatic heterocycles. The minimum atomic E-state index is 0.499. The molecule has 1 rings (SSSR count). The molecule has 3 nitrogen and oxygen atoms in total. The third-order valence-electron chi connectivity index (χ3n) is 1.17. The first-order valence-electron chi connectivity index (χ1n) is 2.86. The predicted octanol–water partition coefficient (Wildman–Crippen LogP) is 1.58. The Labute approximate surface area is 59.1 Å². The van der Waals surface area contributed by atoms with E-state index in [1.54, 1.807) is 31.4 Å². The topological polar surface area (TPSA) is 43.9 Å². The zero-order valence-corrected chi connectivity index (χ0v) is 5.61. The molecule has 0 unspecified atom stereocenters. The van der Waals surface area contributed by atoms with Crippen LogP contribution < -0.4 is 10.3 Å². The molecule has 0 aliphatic carbocycles. The third kappa shape index (κ3) is 1.31. The molecule has 0 fully saturated rings. The van der Waals surface area contributed by atoms with E-state index in [4.69, 9.17) is 10.3 Å². The van der Waals surface area contributed by atoms with Crippen molar-refractivity contribution < 1.29 is 4.74 Å². The average Bonchev–Trinajstić information content (AvgIpc) is 2.05. The number of nitrogens with zero attached hydrogens (tertiary/aromatic N) is 2. The van der Waals surface area contributed by atoms with Crippen LogP contribution >= 0.6 is 0 Å². The van der Waals surface area contributed by atoms with Crippen LogP contribution in [0.1, 0.15) is 0 Å². The number of hydrogen-bond donors (Lipinski definition) is 0. The summed E-state index contributed by atoms with van der Waals surface area (Å²) in [4.78, 5) is 0. The molecular weight excluding hydrogens is 128 g/mol. The van der Waals surface area contributed by atoms with Crippen molar-refractivity contribution in [1.29, 1.82) is 0 Å². The average molecular weight is 135 g/mol. The fraction of sp³-hybridized carbons (Fsp3) is 0.143. The van der Waals surface area contributed by atoms with Gasteiger partial charge in [-0.2, -0.15) is 0 Å². The molecule has 1 aromatic carbocycles. The Morgan fingerprint density at radius 1 is 1.50 bits per heavy atom. The van der Waals surface area contributed by atoms with E-state index < -0.39 is 0 Å². The Balaban J connectivity index is 2.98. The molecule has 3 heteroatoms. The summed E-state index contributed by atoms with van der Waals surface area (Å²) in [5.41, 5.74) is 8.83. The summed E-state index contributed by atoms with van der Waals surface area (Å²) in [6.07, 6.45) is 0. The second kappa shape index (κ2) is 2.96. The van der Waals surface area contributed by atoms with E-state index in [1.807, 2.05) is 0 Å². The van der Waals surface area contributed by atoms with Crippen LogP contribution in [-0.4, -0.2) is 7.11 Å². The van der Waals surface area contributed by atoms with Gasteiger partial charge in [0.15, 0.2) is 0 Å². The molecule has 51 valence electrons. The van der Waals surface area contributed by atoms with Gasteiger partial charge in [-0.25, -0.2) is 0 Å². The van der Waals surface area contributed by atoms with Crippen molar-refractivity contribution in [2.75, 3.05) is 7.11 Å². The van der Waals surface area contributed by atoms with E-state index in [1.165, 1.54) is 0 Å². The van der Waals surface area contributed by atoms with Gasteiger partial charge in [0, 0.05) is 6.07 Å². The SMILES string of the molecule is COc1cccc(N=[N])c1. The molecule has 0 saturated carbocycles. The van der Waals surface area contributed by atoms with Gasteiger partial charge in [-0.1, -0.05) is 6.07 Å². The van der Waals surface area contributed by atoms with E-state index in [2.05, 4.69) is 5.11 Å². The van der Waals surface area contributed by atoms with Crippen LogP contribution in [0.25, 0.3) is 0 Å². The summed E-state index contributed by atoms with van der Waals surface area (Å²) >= 11 is 0. The fourth-order valence-electron chi connectivity index (χ4n) is 0.673. The molecule has 0 aliphatic heterocycles. The smallest absolute Gasteiger partial charge is 0.121 e. The number of hydrogen-bond acceptors (Lipinski definition) is 2. The monoisotopic (exact) mass is 135 g/mol. The Morgan fingerprint density at radius 3 is 2.90 bits per heavy atom. The van der Waals surface area contributed by atoms with E-state index in [-0.39, 0.29) is 0 Å². The van der Waals surface area contributed by atoms with Gasteiger partial charge in [-0.15, -0.1) is 5.11 Å². The molecular formula is C7H7N2O. The van der Waals surface area contributed by atoms with E-state index in [9.17, 15) is 0 Å². The lowest BCUT2D eigenvalue weighted by molar-refractivity contribution is 0.415. The van der Waals surface area contributed by atoms with Crippen molar-refractivity contribution >= 4 is 5.69 Å². The molecule has 0 spiro atoms. The molecule has 0 heterocycles. The highest BCUT2D eigenvalue weighted by Gasteiger charge is 1.91. The summed E-state index contributed by atoms with van der Waals surface area (Å²) in [7, 11) is 1.57. The molecule has 0 atom stereocenters. The van der Waals surface area contributed by atoms with Crippen molar-refractivity contribution in [1.82, 2.24) is 5.53 Å². The Morgan fingerprint density at radius 2 is 2.30 bits per heavy atom. The van der Waals surface area contributed by atoms with Crippen LogP contribution in [0.2, 0.25) is 0 Å². The molecule has 1 radical (unpaired) electrons. The lowest BCUT2D eigenvalue weighted by atomic mass is 10.3. The van der Waals surface area contributed by atoms with Crippen molar-refractivity contribution in [3.63, 3.8) is 0 Å². The standard InChI is InChI=1S/C7H7N2O/c1-10-7-4-2-3-6(5-7)9-8/h2-5H,1H3. The molecule has 0 aliphatic rings. The van der Waals surface area contributed by atoms with Gasteiger partial charge in [0.2, 0.25) is 0 Å². The highest BCUT2D eigenvalue weighted by Crippen LogP contribution is 2.17. The molecule has 1 aromatic rings. The Bertz CT molecular complexity index is 235. The van der Waals surface area contributed by atoms with E-state index in [0.717, 1.165) is 0 Å². The van der Waals surface area contributed by atoms with Crippen LogP contribution in [-0.2, 0) is 0 Å². The van der Waals surface area contributed by atoms with Crippen molar-refractivity contribution in [3.05, 3.63) is 24.3 Å². The Kier molecular flexibility index (Phi) is 1.99. The molecule has 0 amide bonds. The lowest BCUT2D eigenvalue weighted by Gasteiger charge is -1.97. The molecule has 0 N–H and O–H groups in total. The summed E-state index contributed by atoms with van der Waals surface area (Å²) in [5.74, 6) is 0.690. The largest absolute Gasteiger partial charge is 0.497 e. The highest BCUT2D eigenvalue weighted by atomic mass is 16.5. The quantitative estimate of drug-likeness (QED) is 0.567. The van der Waals surface area contributed by atoms with Crippen molar-refractivity contribution in [2.45, 2.75) is 0 Å². The second-order valence-electron chi connectivity index (χ2n) is 1.80. The van der Waals surface area contributed by atoms with Gasteiger partial charge in [-0.3, -0.25) is 0 Å². The van der Waals surface area contributed by atoms with Crippen LogP contribution in [0.4, 0.5) is 5.69 Å².